The van der Waals surface area contributed by atoms with Crippen LogP contribution in [0.25, 0.3) is 0 Å². The molecule has 7 nitrogen and oxygen atoms in total. The van der Waals surface area contributed by atoms with Gasteiger partial charge in [-0.1, -0.05) is 60.8 Å². The molecule has 2 rings (SSSR count). The molecule has 1 N–H and O–H groups in total. The van der Waals surface area contributed by atoms with Gasteiger partial charge >= 0.3 is 0 Å². The van der Waals surface area contributed by atoms with Gasteiger partial charge in [0.05, 0.1) is 11.9 Å². The molecule has 2 amide bonds. The molecule has 0 aliphatic heterocycles. The monoisotopic (exact) mass is 541 g/mol. The quantitative estimate of drug-likeness (QED) is 0.366. The molecule has 10 heteroatoms. The number of nitrogens with one attached hydrogen (secondary N) is 1. The molecule has 0 bridgehead atoms. The van der Waals surface area contributed by atoms with Gasteiger partial charge in [0.25, 0.3) is 0 Å². The molecule has 1 atom stereocenters. The molecule has 35 heavy (non-hydrogen) atoms. The fraction of sp³-hybridized carbons (Fsp3) is 0.440. The van der Waals surface area contributed by atoms with E-state index in [0.29, 0.717) is 27.8 Å². The average Bonchev–Trinajstić information content (AvgIpc) is 2.81. The first-order valence-electron chi connectivity index (χ1n) is 11.6. The van der Waals surface area contributed by atoms with Crippen LogP contribution in [0.2, 0.25) is 10.0 Å². The largest absolute Gasteiger partial charge is 0.354 e. The van der Waals surface area contributed by atoms with Crippen LogP contribution in [0.3, 0.4) is 0 Å². The van der Waals surface area contributed by atoms with Crippen LogP contribution in [-0.2, 0) is 26.2 Å². The number of hydrogen-bond acceptors (Lipinski definition) is 4. The maximum Gasteiger partial charge on any atom is 0.242 e. The van der Waals surface area contributed by atoms with Crippen molar-refractivity contribution in [3.8, 4) is 0 Å². The van der Waals surface area contributed by atoms with Gasteiger partial charge < -0.3 is 10.2 Å². The number of amides is 2. The number of rotatable bonds is 13. The zero-order chi connectivity index (χ0) is 26.0. The lowest BCUT2D eigenvalue weighted by Crippen LogP contribution is -2.48. The van der Waals surface area contributed by atoms with Crippen molar-refractivity contribution in [3.05, 3.63) is 64.1 Å². The first-order valence-corrected chi connectivity index (χ1v) is 14.2. The predicted octanol–water partition coefficient (Wildman–Crippen LogP) is 4.87. The van der Waals surface area contributed by atoms with E-state index in [0.717, 1.165) is 19.1 Å². The highest BCUT2D eigenvalue weighted by Gasteiger charge is 2.27. The zero-order valence-corrected chi connectivity index (χ0v) is 22.7. The Morgan fingerprint density at radius 3 is 2.20 bits per heavy atom. The normalized spacial score (nSPS) is 12.1. The summed E-state index contributed by atoms with van der Waals surface area (Å²) < 4.78 is 25.9. The minimum atomic E-state index is -3.53. The zero-order valence-electron chi connectivity index (χ0n) is 20.3. The molecule has 192 valence electrons. The molecule has 1 unspecified atom stereocenters. The number of sulfonamides is 1. The van der Waals surface area contributed by atoms with Crippen molar-refractivity contribution in [2.24, 2.45) is 0 Å². The highest BCUT2D eigenvalue weighted by Crippen LogP contribution is 2.27. The van der Waals surface area contributed by atoms with Crippen molar-refractivity contribution in [1.82, 2.24) is 10.2 Å². The fourth-order valence-corrected chi connectivity index (χ4v) is 5.05. The van der Waals surface area contributed by atoms with E-state index in [1.165, 1.54) is 9.21 Å². The molecule has 0 aromatic heterocycles. The standard InChI is InChI=1S/C25H33Cl2N3O4S/c1-4-5-16-28-25(32)19(2)29(18-21-22(26)13-9-14-23(21)27)24(31)15-10-17-30(35(3,33)34)20-11-7-6-8-12-20/h6-9,11-14,19H,4-5,10,15-18H2,1-3H3,(H,28,32). The van der Waals surface area contributed by atoms with E-state index in [1.54, 1.807) is 55.5 Å². The summed E-state index contributed by atoms with van der Waals surface area (Å²) >= 11 is 12.7. The maximum atomic E-state index is 13.3. The van der Waals surface area contributed by atoms with E-state index in [-0.39, 0.29) is 37.7 Å². The molecule has 0 heterocycles. The van der Waals surface area contributed by atoms with Gasteiger partial charge in [0, 0.05) is 41.7 Å². The third-order valence-electron chi connectivity index (χ3n) is 5.58. The molecule has 0 radical (unpaired) electrons. The average molecular weight is 543 g/mol. The number of carbonyl (C=O) groups excluding carboxylic acids is 2. The fourth-order valence-electron chi connectivity index (χ4n) is 3.57. The van der Waals surface area contributed by atoms with Gasteiger partial charge in [-0.3, -0.25) is 13.9 Å². The van der Waals surface area contributed by atoms with Crippen molar-refractivity contribution >= 4 is 50.7 Å². The molecule has 0 aliphatic rings. The molecule has 0 saturated heterocycles. The Balaban J connectivity index is 2.18. The van der Waals surface area contributed by atoms with E-state index in [1.807, 2.05) is 6.92 Å². The first kappa shape index (κ1) is 28.9. The smallest absolute Gasteiger partial charge is 0.242 e. The van der Waals surface area contributed by atoms with Gasteiger partial charge in [-0.15, -0.1) is 0 Å². The number of nitrogens with zero attached hydrogens (tertiary/aromatic N) is 2. The van der Waals surface area contributed by atoms with Crippen LogP contribution >= 0.6 is 23.2 Å². The molecule has 0 saturated carbocycles. The first-order chi connectivity index (χ1) is 16.6. The number of unbranched alkanes of at least 4 members (excludes halogenated alkanes) is 1. The highest BCUT2D eigenvalue weighted by atomic mass is 35.5. The van der Waals surface area contributed by atoms with E-state index < -0.39 is 16.1 Å². The summed E-state index contributed by atoms with van der Waals surface area (Å²) in [4.78, 5) is 27.5. The second-order valence-electron chi connectivity index (χ2n) is 8.32. The predicted molar refractivity (Wildman–Crippen MR) is 142 cm³/mol. The summed E-state index contributed by atoms with van der Waals surface area (Å²) in [6, 6.07) is 13.0. The summed E-state index contributed by atoms with van der Waals surface area (Å²) in [6.45, 7) is 4.41. The Labute approximate surface area is 218 Å². The Kier molecular flexibility index (Phi) is 11.3. The second-order valence-corrected chi connectivity index (χ2v) is 11.0. The summed E-state index contributed by atoms with van der Waals surface area (Å²) in [5.41, 5.74) is 1.09. The van der Waals surface area contributed by atoms with Gasteiger partial charge in [0.2, 0.25) is 21.8 Å². The summed E-state index contributed by atoms with van der Waals surface area (Å²) in [5.74, 6) is -0.558. The Bertz CT molecular complexity index is 1080. The van der Waals surface area contributed by atoms with Crippen molar-refractivity contribution in [2.75, 3.05) is 23.7 Å². The van der Waals surface area contributed by atoms with Crippen LogP contribution < -0.4 is 9.62 Å². The van der Waals surface area contributed by atoms with Gasteiger partial charge in [0.1, 0.15) is 6.04 Å². The van der Waals surface area contributed by atoms with Crippen LogP contribution in [0.5, 0.6) is 0 Å². The van der Waals surface area contributed by atoms with Crippen molar-refractivity contribution in [3.63, 3.8) is 0 Å². The maximum absolute atomic E-state index is 13.3. The minimum absolute atomic E-state index is 0.0491. The number of para-hydroxylation sites is 1. The summed E-state index contributed by atoms with van der Waals surface area (Å²) in [6.07, 6.45) is 3.23. The van der Waals surface area contributed by atoms with Crippen LogP contribution in [0.4, 0.5) is 5.69 Å². The lowest BCUT2D eigenvalue weighted by atomic mass is 10.1. The second kappa shape index (κ2) is 13.7. The van der Waals surface area contributed by atoms with Crippen molar-refractivity contribution < 1.29 is 18.0 Å². The minimum Gasteiger partial charge on any atom is -0.354 e. The van der Waals surface area contributed by atoms with Crippen LogP contribution in [0.15, 0.2) is 48.5 Å². The number of halogens is 2. The van der Waals surface area contributed by atoms with Gasteiger partial charge in [-0.2, -0.15) is 0 Å². The molecule has 2 aromatic rings. The summed E-state index contributed by atoms with van der Waals surface area (Å²) in [7, 11) is -3.53. The third-order valence-corrected chi connectivity index (χ3v) is 7.49. The van der Waals surface area contributed by atoms with Gasteiger partial charge in [0.15, 0.2) is 0 Å². The third kappa shape index (κ3) is 8.70. The molecular weight excluding hydrogens is 509 g/mol. The Morgan fingerprint density at radius 2 is 1.63 bits per heavy atom. The van der Waals surface area contributed by atoms with E-state index in [9.17, 15) is 18.0 Å². The lowest BCUT2D eigenvalue weighted by Gasteiger charge is -2.30. The van der Waals surface area contributed by atoms with Crippen LogP contribution in [0, 0.1) is 0 Å². The number of carbonyl (C=O) groups is 2. The summed E-state index contributed by atoms with van der Waals surface area (Å²) in [5, 5.41) is 3.67. The van der Waals surface area contributed by atoms with Crippen LogP contribution in [0.1, 0.15) is 45.1 Å². The molecule has 0 aliphatic carbocycles. The van der Waals surface area contributed by atoms with E-state index in [4.69, 9.17) is 23.2 Å². The molecule has 0 spiro atoms. The number of hydrogen-bond donors (Lipinski definition) is 1. The molecular formula is C25H33Cl2N3O4S. The SMILES string of the molecule is CCCCNC(=O)C(C)N(Cc1c(Cl)cccc1Cl)C(=O)CCCN(c1ccccc1)S(C)(=O)=O. The Hall–Kier alpha value is -2.29. The van der Waals surface area contributed by atoms with Crippen molar-refractivity contribution in [2.45, 2.75) is 52.1 Å². The highest BCUT2D eigenvalue weighted by molar-refractivity contribution is 7.92. The topological polar surface area (TPSA) is 86.8 Å². The van der Waals surface area contributed by atoms with Crippen LogP contribution in [-0.4, -0.2) is 50.5 Å². The number of benzene rings is 2. The molecule has 0 fully saturated rings. The number of anilines is 1. The lowest BCUT2D eigenvalue weighted by molar-refractivity contribution is -0.140. The van der Waals surface area contributed by atoms with E-state index in [2.05, 4.69) is 5.32 Å². The van der Waals surface area contributed by atoms with Gasteiger partial charge in [-0.25, -0.2) is 8.42 Å². The van der Waals surface area contributed by atoms with E-state index >= 15 is 0 Å². The molecule has 2 aromatic carbocycles. The van der Waals surface area contributed by atoms with Crippen molar-refractivity contribution in [1.29, 1.82) is 0 Å². The van der Waals surface area contributed by atoms with Gasteiger partial charge in [-0.05, 0) is 44.0 Å². The Morgan fingerprint density at radius 1 is 1.00 bits per heavy atom.